The zero-order valence-electron chi connectivity index (χ0n) is 6.68. The highest BCUT2D eigenvalue weighted by atomic mass is 32.2. The number of carbonyl (C=O) groups is 1. The molecule has 0 N–H and O–H groups in total. The monoisotopic (exact) mass is 196 g/mol. The predicted octanol–water partition coefficient (Wildman–Crippen LogP) is 1.69. The molecule has 1 aliphatic heterocycles. The fraction of sp³-hybridized carbons (Fsp3) is 0.857. The highest BCUT2D eigenvalue weighted by Gasteiger charge is 2.49. The van der Waals surface area contributed by atoms with Crippen LogP contribution in [0.3, 0.4) is 0 Å². The molecule has 70 valence electrons. The largest absolute Gasteiger partial charge is 0.465 e. The van der Waals surface area contributed by atoms with E-state index in [9.17, 15) is 13.6 Å². The smallest absolute Gasteiger partial charge is 0.377 e. The molecule has 1 fully saturated rings. The van der Waals surface area contributed by atoms with Crippen LogP contribution in [0.15, 0.2) is 0 Å². The first-order valence-corrected chi connectivity index (χ1v) is 4.71. The molecule has 12 heavy (non-hydrogen) atoms. The Balaban J connectivity index is 2.62. The molecular weight excluding hydrogens is 186 g/mol. The lowest BCUT2D eigenvalue weighted by Crippen LogP contribution is -2.39. The van der Waals surface area contributed by atoms with Crippen molar-refractivity contribution in [3.63, 3.8) is 0 Å². The van der Waals surface area contributed by atoms with Gasteiger partial charge in [0.25, 0.3) is 0 Å². The van der Waals surface area contributed by atoms with Gasteiger partial charge < -0.3 is 4.74 Å². The van der Waals surface area contributed by atoms with Gasteiger partial charge in [-0.2, -0.15) is 20.5 Å². The molecule has 1 rings (SSSR count). The van der Waals surface area contributed by atoms with E-state index in [-0.39, 0.29) is 0 Å². The molecular formula is C7H10F2O2S. The van der Waals surface area contributed by atoms with Crippen molar-refractivity contribution in [1.29, 1.82) is 0 Å². The summed E-state index contributed by atoms with van der Waals surface area (Å²) in [5, 5.41) is -0.884. The summed E-state index contributed by atoms with van der Waals surface area (Å²) in [7, 11) is 0.982. The van der Waals surface area contributed by atoms with Gasteiger partial charge in [0.1, 0.15) is 0 Å². The van der Waals surface area contributed by atoms with Crippen molar-refractivity contribution in [3.8, 4) is 0 Å². The Hall–Kier alpha value is -0.320. The van der Waals surface area contributed by atoms with E-state index in [0.29, 0.717) is 12.2 Å². The van der Waals surface area contributed by atoms with Crippen LogP contribution in [-0.4, -0.2) is 30.0 Å². The molecule has 0 aromatic rings. The Morgan fingerprint density at radius 1 is 1.67 bits per heavy atom. The molecule has 1 unspecified atom stereocenters. The lowest BCUT2D eigenvalue weighted by Gasteiger charge is -2.18. The molecule has 0 aromatic heterocycles. The van der Waals surface area contributed by atoms with Gasteiger partial charge in [-0.1, -0.05) is 0 Å². The molecule has 0 amide bonds. The van der Waals surface area contributed by atoms with Crippen LogP contribution in [0, 0.1) is 0 Å². The van der Waals surface area contributed by atoms with Gasteiger partial charge in [-0.15, -0.1) is 0 Å². The molecule has 1 aliphatic rings. The highest BCUT2D eigenvalue weighted by Crippen LogP contribution is 2.38. The number of methoxy groups -OCH3 is 1. The Bertz CT molecular complexity index is 178. The topological polar surface area (TPSA) is 26.3 Å². The second-order valence-electron chi connectivity index (χ2n) is 2.62. The first-order chi connectivity index (χ1) is 5.59. The number of hydrogen-bond donors (Lipinski definition) is 0. The van der Waals surface area contributed by atoms with E-state index in [1.807, 2.05) is 0 Å². The minimum absolute atomic E-state index is 0.396. The third-order valence-corrected chi connectivity index (χ3v) is 3.25. The minimum atomic E-state index is -3.31. The van der Waals surface area contributed by atoms with Crippen LogP contribution in [0.4, 0.5) is 8.78 Å². The minimum Gasteiger partial charge on any atom is -0.465 e. The lowest BCUT2D eigenvalue weighted by atomic mass is 10.1. The predicted molar refractivity (Wildman–Crippen MR) is 42.4 cm³/mol. The Morgan fingerprint density at radius 2 is 2.33 bits per heavy atom. The molecule has 1 saturated heterocycles. The van der Waals surface area contributed by atoms with Gasteiger partial charge in [0.05, 0.1) is 12.4 Å². The summed E-state index contributed by atoms with van der Waals surface area (Å²) in [5.74, 6) is -4.02. The van der Waals surface area contributed by atoms with Crippen molar-refractivity contribution in [2.75, 3.05) is 12.9 Å². The fourth-order valence-electron chi connectivity index (χ4n) is 1.13. The maximum absolute atomic E-state index is 13.0. The van der Waals surface area contributed by atoms with Crippen LogP contribution in [0.5, 0.6) is 0 Å². The van der Waals surface area contributed by atoms with Crippen molar-refractivity contribution in [3.05, 3.63) is 0 Å². The summed E-state index contributed by atoms with van der Waals surface area (Å²) in [6.45, 7) is 0. The number of halogens is 2. The van der Waals surface area contributed by atoms with Crippen LogP contribution in [-0.2, 0) is 9.53 Å². The maximum Gasteiger partial charge on any atom is 0.377 e. The van der Waals surface area contributed by atoms with Gasteiger partial charge in [0.2, 0.25) is 0 Å². The second-order valence-corrected chi connectivity index (χ2v) is 3.93. The number of rotatable bonds is 2. The molecule has 5 heteroatoms. The maximum atomic E-state index is 13.0. The van der Waals surface area contributed by atoms with Gasteiger partial charge in [0.15, 0.2) is 0 Å². The molecule has 1 atom stereocenters. The van der Waals surface area contributed by atoms with Crippen LogP contribution in [0.1, 0.15) is 12.8 Å². The van der Waals surface area contributed by atoms with Gasteiger partial charge in [-0.3, -0.25) is 0 Å². The second kappa shape index (κ2) is 3.60. The van der Waals surface area contributed by atoms with Gasteiger partial charge in [0, 0.05) is 0 Å². The highest BCUT2D eigenvalue weighted by molar-refractivity contribution is 8.00. The third-order valence-electron chi connectivity index (χ3n) is 1.79. The first-order valence-electron chi connectivity index (χ1n) is 3.67. The van der Waals surface area contributed by atoms with Gasteiger partial charge >= 0.3 is 11.9 Å². The van der Waals surface area contributed by atoms with E-state index in [1.165, 1.54) is 0 Å². The van der Waals surface area contributed by atoms with Crippen molar-refractivity contribution in [1.82, 2.24) is 0 Å². The summed E-state index contributed by atoms with van der Waals surface area (Å²) in [5.41, 5.74) is 0. The van der Waals surface area contributed by atoms with E-state index in [1.54, 1.807) is 0 Å². The van der Waals surface area contributed by atoms with E-state index >= 15 is 0 Å². The van der Waals surface area contributed by atoms with Gasteiger partial charge in [-0.25, -0.2) is 4.79 Å². The van der Waals surface area contributed by atoms with Crippen LogP contribution < -0.4 is 0 Å². The molecule has 0 spiro atoms. The summed E-state index contributed by atoms with van der Waals surface area (Å²) >= 11 is 1.14. The zero-order chi connectivity index (χ0) is 9.19. The van der Waals surface area contributed by atoms with Gasteiger partial charge in [-0.05, 0) is 18.6 Å². The number of carbonyl (C=O) groups excluding carboxylic acids is 1. The summed E-state index contributed by atoms with van der Waals surface area (Å²) in [6.07, 6.45) is 1.15. The summed E-state index contributed by atoms with van der Waals surface area (Å²) in [6, 6.07) is 0. The first kappa shape index (κ1) is 9.77. The third kappa shape index (κ3) is 1.71. The van der Waals surface area contributed by atoms with E-state index in [4.69, 9.17) is 0 Å². The summed E-state index contributed by atoms with van der Waals surface area (Å²) in [4.78, 5) is 10.6. The SMILES string of the molecule is COC(=O)C(F)(F)C1CCCS1. The molecule has 1 heterocycles. The van der Waals surface area contributed by atoms with Crippen LogP contribution in [0.25, 0.3) is 0 Å². The molecule has 0 aromatic carbocycles. The number of alkyl halides is 2. The van der Waals surface area contributed by atoms with Crippen molar-refractivity contribution < 1.29 is 18.3 Å². The molecule has 0 radical (unpaired) electrons. The van der Waals surface area contributed by atoms with E-state index in [0.717, 1.165) is 25.3 Å². The fourth-order valence-corrected chi connectivity index (χ4v) is 2.39. The van der Waals surface area contributed by atoms with Crippen molar-refractivity contribution >= 4 is 17.7 Å². The zero-order valence-corrected chi connectivity index (χ0v) is 7.50. The number of thioether (sulfide) groups is 1. The molecule has 0 saturated carbocycles. The average Bonchev–Trinajstić information content (AvgIpc) is 2.55. The standard InChI is InChI=1S/C7H10F2O2S/c1-11-6(10)7(8,9)5-3-2-4-12-5/h5H,2-4H2,1H3. The number of esters is 1. The molecule has 0 bridgehead atoms. The average molecular weight is 196 g/mol. The Kier molecular flexibility index (Phi) is 2.93. The Labute approximate surface area is 73.7 Å². The normalized spacial score (nSPS) is 24.1. The molecule has 0 aliphatic carbocycles. The van der Waals surface area contributed by atoms with Crippen molar-refractivity contribution in [2.45, 2.75) is 24.0 Å². The van der Waals surface area contributed by atoms with E-state index < -0.39 is 17.1 Å². The van der Waals surface area contributed by atoms with Crippen LogP contribution in [0.2, 0.25) is 0 Å². The Morgan fingerprint density at radius 3 is 2.75 bits per heavy atom. The van der Waals surface area contributed by atoms with Crippen LogP contribution >= 0.6 is 11.8 Å². The van der Waals surface area contributed by atoms with Crippen molar-refractivity contribution in [2.24, 2.45) is 0 Å². The van der Waals surface area contributed by atoms with E-state index in [2.05, 4.69) is 4.74 Å². The number of ether oxygens (including phenoxy) is 1. The number of hydrogen-bond acceptors (Lipinski definition) is 3. The summed E-state index contributed by atoms with van der Waals surface area (Å²) < 4.78 is 30.1. The quantitative estimate of drug-likeness (QED) is 0.629. The molecule has 2 nitrogen and oxygen atoms in total. The lowest BCUT2D eigenvalue weighted by molar-refractivity contribution is -0.168.